The molecule has 1 aromatic carbocycles. The lowest BCUT2D eigenvalue weighted by atomic mass is 9.89. The molecule has 0 atom stereocenters. The predicted molar refractivity (Wildman–Crippen MR) is 131 cm³/mol. The molecule has 0 radical (unpaired) electrons. The van der Waals surface area contributed by atoms with Gasteiger partial charge in [-0.05, 0) is 41.3 Å². The molecular formula is C26H32N8. The molecule has 0 spiro atoms. The van der Waals surface area contributed by atoms with Crippen LogP contribution in [0.5, 0.6) is 0 Å². The Bertz CT molecular complexity index is 1170. The molecule has 8 heteroatoms. The number of H-pyrrole nitrogens is 1. The maximum Gasteiger partial charge on any atom is 0.180 e. The van der Waals surface area contributed by atoms with Gasteiger partial charge in [0.1, 0.15) is 5.82 Å². The van der Waals surface area contributed by atoms with E-state index in [1.807, 2.05) is 24.4 Å². The van der Waals surface area contributed by atoms with Crippen LogP contribution in [0.4, 0.5) is 0 Å². The third-order valence-corrected chi connectivity index (χ3v) is 6.71. The number of aromatic nitrogens is 8. The number of hydrogen-bond donors (Lipinski definition) is 1. The average molecular weight is 457 g/mol. The van der Waals surface area contributed by atoms with Gasteiger partial charge in [0, 0.05) is 41.9 Å². The van der Waals surface area contributed by atoms with Crippen molar-refractivity contribution in [3.8, 4) is 22.5 Å². The van der Waals surface area contributed by atoms with Gasteiger partial charge in [-0.2, -0.15) is 5.10 Å². The van der Waals surface area contributed by atoms with Gasteiger partial charge in [0.15, 0.2) is 11.6 Å². The molecule has 3 heterocycles. The Balaban J connectivity index is 1.37. The summed E-state index contributed by atoms with van der Waals surface area (Å²) in [5, 5.41) is 19.3. The van der Waals surface area contributed by atoms with E-state index in [0.717, 1.165) is 47.0 Å². The van der Waals surface area contributed by atoms with E-state index in [9.17, 15) is 0 Å². The van der Waals surface area contributed by atoms with E-state index < -0.39 is 0 Å². The smallest absolute Gasteiger partial charge is 0.180 e. The zero-order chi connectivity index (χ0) is 23.2. The Labute approximate surface area is 200 Å². The zero-order valence-corrected chi connectivity index (χ0v) is 19.8. The number of benzene rings is 1. The van der Waals surface area contributed by atoms with Crippen LogP contribution in [0.3, 0.4) is 0 Å². The Morgan fingerprint density at radius 3 is 2.59 bits per heavy atom. The maximum atomic E-state index is 5.02. The first-order chi connectivity index (χ1) is 16.8. The number of nitrogens with zero attached hydrogens (tertiary/aromatic N) is 7. The Hall–Kier alpha value is -3.42. The molecule has 3 aromatic heterocycles. The molecule has 0 amide bonds. The van der Waals surface area contributed by atoms with Gasteiger partial charge in [-0.25, -0.2) is 14.8 Å². The van der Waals surface area contributed by atoms with Crippen molar-refractivity contribution in [3.63, 3.8) is 0 Å². The quantitative estimate of drug-likeness (QED) is 0.341. The highest BCUT2D eigenvalue weighted by atomic mass is 15.5. The van der Waals surface area contributed by atoms with Crippen molar-refractivity contribution in [1.29, 1.82) is 0 Å². The second-order valence-corrected chi connectivity index (χ2v) is 9.16. The third-order valence-electron chi connectivity index (χ3n) is 6.71. The molecule has 0 unspecified atom stereocenters. The first-order valence-electron chi connectivity index (χ1n) is 12.5. The number of pyridine rings is 1. The topological polar surface area (TPSA) is 98.1 Å². The highest BCUT2D eigenvalue weighted by Gasteiger charge is 2.22. The number of hydrogen-bond acceptors (Lipinski definition) is 6. The van der Waals surface area contributed by atoms with Gasteiger partial charge in [0.05, 0.1) is 0 Å². The molecule has 0 bridgehead atoms. The van der Waals surface area contributed by atoms with Crippen LogP contribution in [0.25, 0.3) is 22.5 Å². The first-order valence-corrected chi connectivity index (χ1v) is 12.5. The number of rotatable bonds is 9. The monoisotopic (exact) mass is 456 g/mol. The number of aromatic amines is 1. The molecule has 5 rings (SSSR count). The van der Waals surface area contributed by atoms with Gasteiger partial charge in [-0.15, -0.1) is 5.10 Å². The molecule has 1 aliphatic carbocycles. The molecule has 34 heavy (non-hydrogen) atoms. The van der Waals surface area contributed by atoms with Crippen LogP contribution in [0, 0.1) is 0 Å². The number of aryl methyl sites for hydroxylation is 1. The van der Waals surface area contributed by atoms with Crippen molar-refractivity contribution in [1.82, 2.24) is 40.4 Å². The Kier molecular flexibility index (Phi) is 7.02. The van der Waals surface area contributed by atoms with Gasteiger partial charge >= 0.3 is 0 Å². The van der Waals surface area contributed by atoms with Gasteiger partial charge in [-0.3, -0.25) is 4.98 Å². The summed E-state index contributed by atoms with van der Waals surface area (Å²) < 4.78 is 2.14. The first kappa shape index (κ1) is 22.4. The van der Waals surface area contributed by atoms with E-state index in [1.54, 1.807) is 0 Å². The van der Waals surface area contributed by atoms with Crippen LogP contribution < -0.4 is 0 Å². The van der Waals surface area contributed by atoms with Crippen molar-refractivity contribution in [2.75, 3.05) is 0 Å². The van der Waals surface area contributed by atoms with Crippen LogP contribution in [0.2, 0.25) is 0 Å². The summed E-state index contributed by atoms with van der Waals surface area (Å²) in [5.41, 5.74) is 4.03. The minimum atomic E-state index is 0.511. The van der Waals surface area contributed by atoms with Crippen molar-refractivity contribution >= 4 is 0 Å². The third kappa shape index (κ3) is 5.05. The van der Waals surface area contributed by atoms with Gasteiger partial charge in [-0.1, -0.05) is 69.4 Å². The van der Waals surface area contributed by atoms with E-state index in [4.69, 9.17) is 15.1 Å². The summed E-state index contributed by atoms with van der Waals surface area (Å²) in [4.78, 5) is 9.81. The van der Waals surface area contributed by atoms with Crippen molar-refractivity contribution in [2.24, 2.45) is 0 Å². The van der Waals surface area contributed by atoms with Crippen molar-refractivity contribution < 1.29 is 0 Å². The molecule has 1 fully saturated rings. The lowest BCUT2D eigenvalue weighted by Crippen LogP contribution is -2.08. The van der Waals surface area contributed by atoms with Crippen LogP contribution >= 0.6 is 0 Å². The molecule has 0 saturated heterocycles. The number of tetrazole rings is 1. The fourth-order valence-electron chi connectivity index (χ4n) is 4.81. The standard InChI is InChI=1S/C26H32N8/c1-2-3-9-16-34-24(28-25(31-34)19-10-5-4-6-11-19)17-21-15-14-20(18-27-21)22-12-7-8-13-23(22)26-29-32-33-30-26/h7-8,12-15,18-19H,2-6,9-11,16-17H2,1H3,(H,29,30,32,33). The molecule has 4 aromatic rings. The van der Waals surface area contributed by atoms with Gasteiger partial charge in [0.25, 0.3) is 0 Å². The van der Waals surface area contributed by atoms with Crippen LogP contribution in [0.15, 0.2) is 42.6 Å². The summed E-state index contributed by atoms with van der Waals surface area (Å²) in [7, 11) is 0. The van der Waals surface area contributed by atoms with E-state index in [-0.39, 0.29) is 0 Å². The lowest BCUT2D eigenvalue weighted by Gasteiger charge is -2.18. The fraction of sp³-hybridized carbons (Fsp3) is 0.462. The van der Waals surface area contributed by atoms with Crippen molar-refractivity contribution in [2.45, 2.75) is 77.2 Å². The van der Waals surface area contributed by atoms with Crippen molar-refractivity contribution in [3.05, 3.63) is 59.9 Å². The number of unbranched alkanes of at least 4 members (excludes halogenated alkanes) is 2. The summed E-state index contributed by atoms with van der Waals surface area (Å²) in [6.07, 6.45) is 12.5. The highest BCUT2D eigenvalue weighted by molar-refractivity contribution is 5.79. The largest absolute Gasteiger partial charge is 0.260 e. The minimum absolute atomic E-state index is 0.511. The van der Waals surface area contributed by atoms with E-state index in [0.29, 0.717) is 18.2 Å². The average Bonchev–Trinajstić information content (AvgIpc) is 3.56. The van der Waals surface area contributed by atoms with E-state index in [2.05, 4.69) is 50.4 Å². The molecule has 176 valence electrons. The summed E-state index contributed by atoms with van der Waals surface area (Å²) in [6.45, 7) is 3.16. The summed E-state index contributed by atoms with van der Waals surface area (Å²) >= 11 is 0. The van der Waals surface area contributed by atoms with Crippen LogP contribution in [0.1, 0.15) is 81.6 Å². The Morgan fingerprint density at radius 2 is 1.85 bits per heavy atom. The second kappa shape index (κ2) is 10.7. The molecule has 1 saturated carbocycles. The fourth-order valence-corrected chi connectivity index (χ4v) is 4.81. The highest BCUT2D eigenvalue weighted by Crippen LogP contribution is 2.32. The van der Waals surface area contributed by atoms with Gasteiger partial charge in [0.2, 0.25) is 0 Å². The molecule has 1 aliphatic rings. The molecular weight excluding hydrogens is 424 g/mol. The lowest BCUT2D eigenvalue weighted by molar-refractivity contribution is 0.424. The zero-order valence-electron chi connectivity index (χ0n) is 19.8. The normalized spacial score (nSPS) is 14.5. The predicted octanol–water partition coefficient (Wildman–Crippen LogP) is 5.35. The van der Waals surface area contributed by atoms with Crippen LogP contribution in [-0.4, -0.2) is 40.4 Å². The maximum absolute atomic E-state index is 5.02. The molecule has 8 nitrogen and oxygen atoms in total. The summed E-state index contributed by atoms with van der Waals surface area (Å²) in [5.74, 6) is 3.23. The Morgan fingerprint density at radius 1 is 1.00 bits per heavy atom. The van der Waals surface area contributed by atoms with E-state index >= 15 is 0 Å². The second-order valence-electron chi connectivity index (χ2n) is 9.16. The minimum Gasteiger partial charge on any atom is -0.260 e. The van der Waals surface area contributed by atoms with Gasteiger partial charge < -0.3 is 0 Å². The van der Waals surface area contributed by atoms with E-state index in [1.165, 1.54) is 44.9 Å². The molecule has 1 N–H and O–H groups in total. The molecule has 0 aliphatic heterocycles. The SMILES string of the molecule is CCCCCn1nc(C2CCCCC2)nc1Cc1ccc(-c2ccccc2-c2nnn[nH]2)cn1. The van der Waals surface area contributed by atoms with Crippen LogP contribution in [-0.2, 0) is 13.0 Å². The summed E-state index contributed by atoms with van der Waals surface area (Å²) in [6, 6.07) is 12.3. The number of nitrogens with one attached hydrogen (secondary N) is 1.